The first-order chi connectivity index (χ1) is 8.69. The highest BCUT2D eigenvalue weighted by Gasteiger charge is 2.17. The zero-order valence-corrected chi connectivity index (χ0v) is 10.8. The zero-order valence-electron chi connectivity index (χ0n) is 8.42. The van der Waals surface area contributed by atoms with E-state index in [1.54, 1.807) is 6.07 Å². The molecule has 0 spiro atoms. The lowest BCUT2D eigenvalue weighted by atomic mass is 10.2. The normalized spacial score (nSPS) is 11.2. The first-order valence-electron chi connectivity index (χ1n) is 4.59. The van der Waals surface area contributed by atoms with Crippen LogP contribution in [-0.4, -0.2) is 24.3 Å². The van der Waals surface area contributed by atoms with Gasteiger partial charge in [-0.1, -0.05) is 5.16 Å². The van der Waals surface area contributed by atoms with Gasteiger partial charge in [-0.15, -0.1) is 3.89 Å². The Labute approximate surface area is 111 Å². The van der Waals surface area contributed by atoms with Gasteiger partial charge in [-0.05, 0) is 22.0 Å². The zero-order chi connectivity index (χ0) is 12.7. The molecule has 1 N–H and O–H groups in total. The highest BCUT2D eigenvalue weighted by molar-refractivity contribution is 9.10. The van der Waals surface area contributed by atoms with Crippen LogP contribution < -0.4 is 5.76 Å². The van der Waals surface area contributed by atoms with Gasteiger partial charge < -0.3 is 0 Å². The number of H-pyrrole nitrogens is 1. The highest BCUT2D eigenvalue weighted by atomic mass is 79.9. The molecule has 0 unspecified atom stereocenters. The summed E-state index contributed by atoms with van der Waals surface area (Å²) in [6.45, 7) is 0. The number of aromatic nitrogens is 5. The second-order valence-corrected chi connectivity index (χ2v) is 4.66. The molecule has 0 aliphatic heterocycles. The third kappa shape index (κ3) is 1.73. The van der Waals surface area contributed by atoms with E-state index < -0.39 is 5.76 Å². The topological polar surface area (TPSA) is 89.6 Å². The van der Waals surface area contributed by atoms with Gasteiger partial charge in [0.15, 0.2) is 18.0 Å². The van der Waals surface area contributed by atoms with Crippen molar-refractivity contribution in [3.63, 3.8) is 0 Å². The average Bonchev–Trinajstić information content (AvgIpc) is 2.92. The molecular weight excluding hydrogens is 329 g/mol. The van der Waals surface area contributed by atoms with Crippen molar-refractivity contribution >= 4 is 39.3 Å². The molecule has 10 heteroatoms. The van der Waals surface area contributed by atoms with E-state index in [1.165, 1.54) is 6.20 Å². The van der Waals surface area contributed by atoms with E-state index in [1.807, 2.05) is 0 Å². The molecule has 0 saturated carbocycles. The van der Waals surface area contributed by atoms with Crippen LogP contribution in [0.2, 0.25) is 0 Å². The summed E-state index contributed by atoms with van der Waals surface area (Å²) in [7, 11) is 0. The summed E-state index contributed by atoms with van der Waals surface area (Å²) in [4.78, 5) is 17.3. The Balaban J connectivity index is 2.35. The van der Waals surface area contributed by atoms with Crippen molar-refractivity contribution in [2.45, 2.75) is 0 Å². The Bertz CT molecular complexity index is 781. The van der Waals surface area contributed by atoms with Crippen LogP contribution in [0.5, 0.6) is 0 Å². The SMILES string of the molecule is O=c1[nH]c(-c2nn(SF)c3ncc(Br)cc23)no1. The fourth-order valence-corrected chi connectivity index (χ4v) is 2.16. The van der Waals surface area contributed by atoms with Crippen LogP contribution >= 0.6 is 28.3 Å². The fourth-order valence-electron chi connectivity index (χ4n) is 1.51. The van der Waals surface area contributed by atoms with Gasteiger partial charge in [-0.3, -0.25) is 9.51 Å². The highest BCUT2D eigenvalue weighted by Crippen LogP contribution is 2.28. The van der Waals surface area contributed by atoms with Gasteiger partial charge >= 0.3 is 5.76 Å². The summed E-state index contributed by atoms with van der Waals surface area (Å²) in [5.41, 5.74) is 0.611. The van der Waals surface area contributed by atoms with Crippen LogP contribution in [0.15, 0.2) is 26.1 Å². The first-order valence-corrected chi connectivity index (χ1v) is 6.05. The van der Waals surface area contributed by atoms with Crippen LogP contribution in [0.3, 0.4) is 0 Å². The second-order valence-electron chi connectivity index (χ2n) is 3.26. The molecular formula is C8H3BrFN5O2S. The molecule has 18 heavy (non-hydrogen) atoms. The molecule has 0 atom stereocenters. The third-order valence-electron chi connectivity index (χ3n) is 2.19. The number of fused-ring (bicyclic) bond motifs is 1. The van der Waals surface area contributed by atoms with Crippen LogP contribution in [0.4, 0.5) is 3.89 Å². The van der Waals surface area contributed by atoms with E-state index >= 15 is 0 Å². The largest absolute Gasteiger partial charge is 0.439 e. The average molecular weight is 332 g/mol. The second kappa shape index (κ2) is 4.21. The maximum Gasteiger partial charge on any atom is 0.439 e. The molecule has 0 aliphatic carbocycles. The molecule has 92 valence electrons. The summed E-state index contributed by atoms with van der Waals surface area (Å²) < 4.78 is 18.8. The Kier molecular flexibility index (Phi) is 2.67. The minimum Gasteiger partial charge on any atom is -0.296 e. The standard InChI is InChI=1S/C8H3BrFN5O2S/c9-3-1-4-5(6-12-8(16)17-14-6)13-15(18-10)7(4)11-2-3/h1-2H,(H,12,14,16). The van der Waals surface area contributed by atoms with E-state index in [4.69, 9.17) is 0 Å². The maximum atomic E-state index is 12.7. The predicted octanol–water partition coefficient (Wildman–Crippen LogP) is 1.92. The van der Waals surface area contributed by atoms with Crippen molar-refractivity contribution in [2.24, 2.45) is 0 Å². The van der Waals surface area contributed by atoms with Crippen LogP contribution in [0.1, 0.15) is 0 Å². The Morgan fingerprint density at radius 1 is 1.56 bits per heavy atom. The molecule has 3 aromatic heterocycles. The van der Waals surface area contributed by atoms with Crippen LogP contribution in [0, 0.1) is 0 Å². The molecule has 0 amide bonds. The fraction of sp³-hybridized carbons (Fsp3) is 0. The number of pyridine rings is 1. The summed E-state index contributed by atoms with van der Waals surface area (Å²) in [5.74, 6) is -0.582. The molecule has 3 heterocycles. The summed E-state index contributed by atoms with van der Waals surface area (Å²) in [5, 5.41) is 8.02. The van der Waals surface area contributed by atoms with E-state index in [0.29, 0.717) is 15.5 Å². The van der Waals surface area contributed by atoms with E-state index in [0.717, 1.165) is 4.09 Å². The molecule has 7 nitrogen and oxygen atoms in total. The number of hydrogen-bond acceptors (Lipinski definition) is 6. The summed E-state index contributed by atoms with van der Waals surface area (Å²) >= 11 is 3.16. The van der Waals surface area contributed by atoms with Gasteiger partial charge in [0, 0.05) is 10.7 Å². The van der Waals surface area contributed by atoms with E-state index in [-0.39, 0.29) is 23.9 Å². The van der Waals surface area contributed by atoms with Gasteiger partial charge in [0.2, 0.25) is 5.82 Å². The molecule has 0 aromatic carbocycles. The monoisotopic (exact) mass is 331 g/mol. The lowest BCUT2D eigenvalue weighted by Crippen LogP contribution is -1.95. The number of aromatic amines is 1. The van der Waals surface area contributed by atoms with E-state index in [9.17, 15) is 8.68 Å². The van der Waals surface area contributed by atoms with Gasteiger partial charge in [-0.25, -0.2) is 9.78 Å². The molecule has 0 aliphatic rings. The quantitative estimate of drug-likeness (QED) is 0.771. The number of nitrogens with one attached hydrogen (secondary N) is 1. The van der Waals surface area contributed by atoms with Crippen LogP contribution in [0.25, 0.3) is 22.6 Å². The smallest absolute Gasteiger partial charge is 0.296 e. The molecule has 3 rings (SSSR count). The first kappa shape index (κ1) is 11.4. The summed E-state index contributed by atoms with van der Waals surface area (Å²) in [6, 6.07) is 1.70. The number of rotatable bonds is 2. The molecule has 0 saturated heterocycles. The minimum atomic E-state index is -0.705. The lowest BCUT2D eigenvalue weighted by molar-refractivity contribution is 0.388. The lowest BCUT2D eigenvalue weighted by Gasteiger charge is -1.92. The van der Waals surface area contributed by atoms with Crippen molar-refractivity contribution in [1.29, 1.82) is 0 Å². The van der Waals surface area contributed by atoms with Crippen molar-refractivity contribution in [2.75, 3.05) is 0 Å². The molecule has 0 fully saturated rings. The Morgan fingerprint density at radius 3 is 3.06 bits per heavy atom. The summed E-state index contributed by atoms with van der Waals surface area (Å²) in [6.07, 6.45) is 1.52. The maximum absolute atomic E-state index is 12.7. The Morgan fingerprint density at radius 2 is 2.39 bits per heavy atom. The van der Waals surface area contributed by atoms with Gasteiger partial charge in [0.05, 0.1) is 5.39 Å². The van der Waals surface area contributed by atoms with Crippen molar-refractivity contribution in [3.05, 3.63) is 27.3 Å². The van der Waals surface area contributed by atoms with Gasteiger partial charge in [-0.2, -0.15) is 9.19 Å². The van der Waals surface area contributed by atoms with E-state index in [2.05, 4.69) is 40.7 Å². The van der Waals surface area contributed by atoms with Crippen molar-refractivity contribution < 1.29 is 8.41 Å². The van der Waals surface area contributed by atoms with Crippen LogP contribution in [-0.2, 0) is 0 Å². The van der Waals surface area contributed by atoms with Gasteiger partial charge in [0.25, 0.3) is 0 Å². The molecule has 0 radical (unpaired) electrons. The number of halogens is 2. The molecule has 0 bridgehead atoms. The van der Waals surface area contributed by atoms with Gasteiger partial charge in [0.1, 0.15) is 5.69 Å². The minimum absolute atomic E-state index is 0.0962. The number of hydrogen-bond donors (Lipinski definition) is 1. The number of nitrogens with zero attached hydrogens (tertiary/aromatic N) is 4. The van der Waals surface area contributed by atoms with Crippen molar-refractivity contribution in [1.82, 2.24) is 24.3 Å². The third-order valence-corrected chi connectivity index (χ3v) is 3.01. The Hall–Kier alpha value is -1.68. The predicted molar refractivity (Wildman–Crippen MR) is 65.4 cm³/mol. The van der Waals surface area contributed by atoms with Crippen molar-refractivity contribution in [3.8, 4) is 11.5 Å². The molecule has 3 aromatic rings.